The van der Waals surface area contributed by atoms with Crippen LogP contribution in [0.1, 0.15) is 33.1 Å². The Bertz CT molecular complexity index is 296. The molecule has 0 aromatic carbocycles. The number of ether oxygens (including phenoxy) is 1. The maximum atomic E-state index is 11.0. The Morgan fingerprint density at radius 3 is 2.54 bits per heavy atom. The van der Waals surface area contributed by atoms with Gasteiger partial charge in [0.1, 0.15) is 0 Å². The summed E-state index contributed by atoms with van der Waals surface area (Å²) in [4.78, 5) is 14.7. The molecule has 1 aliphatic heterocycles. The van der Waals surface area contributed by atoms with Crippen LogP contribution in [-0.2, 0) is 4.74 Å². The van der Waals surface area contributed by atoms with Crippen molar-refractivity contribution in [1.29, 1.82) is 0 Å². The minimum Gasteiger partial charge on any atom is -0.433 e. The maximum absolute atomic E-state index is 11.0. The molecule has 1 amide bonds. The zero-order chi connectivity index (χ0) is 9.69. The van der Waals surface area contributed by atoms with Crippen LogP contribution in [0, 0.1) is 5.41 Å². The molecule has 2 rings (SSSR count). The van der Waals surface area contributed by atoms with Crippen LogP contribution in [0.15, 0.2) is 4.99 Å². The number of nitrogens with two attached hydrogens (primary N) is 1. The Labute approximate surface area is 77.2 Å². The van der Waals surface area contributed by atoms with E-state index in [0.29, 0.717) is 5.84 Å². The molecule has 2 aliphatic rings. The molecule has 1 atom stereocenters. The van der Waals surface area contributed by atoms with E-state index in [9.17, 15) is 4.79 Å². The fourth-order valence-corrected chi connectivity index (χ4v) is 2.40. The highest BCUT2D eigenvalue weighted by Gasteiger charge is 2.57. The number of nitrogens with zero attached hydrogens (tertiary/aromatic N) is 1. The quantitative estimate of drug-likeness (QED) is 0.616. The molecule has 4 nitrogen and oxygen atoms in total. The molecule has 0 aromatic rings. The van der Waals surface area contributed by atoms with Crippen molar-refractivity contribution in [3.8, 4) is 0 Å². The van der Waals surface area contributed by atoms with Crippen LogP contribution in [0.4, 0.5) is 4.79 Å². The van der Waals surface area contributed by atoms with Crippen molar-refractivity contribution < 1.29 is 9.53 Å². The molecule has 1 saturated carbocycles. The van der Waals surface area contributed by atoms with Gasteiger partial charge in [-0.05, 0) is 19.3 Å². The average molecular weight is 182 g/mol. The molecular weight excluding hydrogens is 168 g/mol. The first-order chi connectivity index (χ1) is 5.98. The van der Waals surface area contributed by atoms with Gasteiger partial charge in [-0.1, -0.05) is 13.8 Å². The minimum absolute atomic E-state index is 0.0766. The van der Waals surface area contributed by atoms with Gasteiger partial charge in [-0.2, -0.15) is 4.99 Å². The first-order valence-electron chi connectivity index (χ1n) is 4.56. The van der Waals surface area contributed by atoms with E-state index in [4.69, 9.17) is 10.5 Å². The molecule has 0 aromatic heterocycles. The summed E-state index contributed by atoms with van der Waals surface area (Å²) in [5.41, 5.74) is 5.06. The summed E-state index contributed by atoms with van der Waals surface area (Å²) in [6, 6.07) is 0. The lowest BCUT2D eigenvalue weighted by molar-refractivity contribution is 0.0144. The van der Waals surface area contributed by atoms with E-state index in [1.165, 1.54) is 0 Å². The standard InChI is InChI=1S/C9H14N2O2/c1-8(2)4-3-5-9(8)6(10)11-7(12)13-9/h3-5H2,1-2H3,(H2,10,11,12). The second kappa shape index (κ2) is 2.25. The van der Waals surface area contributed by atoms with Crippen molar-refractivity contribution in [2.75, 3.05) is 0 Å². The number of amides is 1. The molecule has 1 spiro atoms. The van der Waals surface area contributed by atoms with Gasteiger partial charge in [-0.3, -0.25) is 0 Å². The maximum Gasteiger partial charge on any atom is 0.436 e. The van der Waals surface area contributed by atoms with E-state index in [1.807, 2.05) is 0 Å². The van der Waals surface area contributed by atoms with Gasteiger partial charge in [0.15, 0.2) is 11.4 Å². The highest BCUT2D eigenvalue weighted by atomic mass is 16.6. The van der Waals surface area contributed by atoms with Crippen molar-refractivity contribution in [2.45, 2.75) is 38.7 Å². The second-order valence-electron chi connectivity index (χ2n) is 4.43. The Kier molecular flexibility index (Phi) is 1.47. The Balaban J connectivity index is 2.42. The molecule has 1 heterocycles. The predicted molar refractivity (Wildman–Crippen MR) is 48.5 cm³/mol. The molecule has 0 radical (unpaired) electrons. The molecule has 1 unspecified atom stereocenters. The number of aliphatic imine (C=N–C) groups is 1. The SMILES string of the molecule is CC1(C)CCCC12OC(=O)N=C2N. The fourth-order valence-electron chi connectivity index (χ4n) is 2.40. The first kappa shape index (κ1) is 8.53. The van der Waals surface area contributed by atoms with Crippen LogP contribution in [-0.4, -0.2) is 17.5 Å². The summed E-state index contributed by atoms with van der Waals surface area (Å²) in [5.74, 6) is 0.361. The van der Waals surface area contributed by atoms with E-state index in [0.717, 1.165) is 19.3 Å². The van der Waals surface area contributed by atoms with Gasteiger partial charge >= 0.3 is 6.09 Å². The number of hydrogen-bond donors (Lipinski definition) is 1. The van der Waals surface area contributed by atoms with Gasteiger partial charge < -0.3 is 10.5 Å². The summed E-state index contributed by atoms with van der Waals surface area (Å²) in [6.45, 7) is 4.14. The number of carbonyl (C=O) groups excluding carboxylic acids is 1. The van der Waals surface area contributed by atoms with E-state index in [2.05, 4.69) is 18.8 Å². The molecule has 0 saturated heterocycles. The number of rotatable bonds is 0. The third kappa shape index (κ3) is 0.913. The molecular formula is C9H14N2O2. The van der Waals surface area contributed by atoms with Gasteiger partial charge in [0.2, 0.25) is 0 Å². The lowest BCUT2D eigenvalue weighted by atomic mass is 9.77. The molecule has 13 heavy (non-hydrogen) atoms. The van der Waals surface area contributed by atoms with Crippen LogP contribution < -0.4 is 5.73 Å². The van der Waals surface area contributed by atoms with Gasteiger partial charge in [-0.15, -0.1) is 0 Å². The molecule has 4 heteroatoms. The smallest absolute Gasteiger partial charge is 0.433 e. The van der Waals surface area contributed by atoms with Crippen molar-refractivity contribution in [2.24, 2.45) is 16.1 Å². The van der Waals surface area contributed by atoms with E-state index >= 15 is 0 Å². The average Bonchev–Trinajstić information content (AvgIpc) is 2.40. The summed E-state index contributed by atoms with van der Waals surface area (Å²) in [5, 5.41) is 0. The summed E-state index contributed by atoms with van der Waals surface area (Å²) in [7, 11) is 0. The van der Waals surface area contributed by atoms with Crippen LogP contribution in [0.5, 0.6) is 0 Å². The summed E-state index contributed by atoms with van der Waals surface area (Å²) in [6.07, 6.45) is 2.33. The normalized spacial score (nSPS) is 36.5. The Morgan fingerprint density at radius 1 is 1.46 bits per heavy atom. The monoisotopic (exact) mass is 182 g/mol. The third-order valence-corrected chi connectivity index (χ3v) is 3.31. The lowest BCUT2D eigenvalue weighted by Crippen LogP contribution is -2.50. The fraction of sp³-hybridized carbons (Fsp3) is 0.778. The van der Waals surface area contributed by atoms with Gasteiger partial charge in [-0.25, -0.2) is 4.79 Å². The molecule has 2 N–H and O–H groups in total. The zero-order valence-corrected chi connectivity index (χ0v) is 7.96. The Hall–Kier alpha value is -1.06. The molecule has 1 aliphatic carbocycles. The predicted octanol–water partition coefficient (Wildman–Crippen LogP) is 1.44. The van der Waals surface area contributed by atoms with Crippen molar-refractivity contribution in [3.05, 3.63) is 0 Å². The van der Waals surface area contributed by atoms with Gasteiger partial charge in [0, 0.05) is 5.41 Å². The number of carbonyl (C=O) groups is 1. The van der Waals surface area contributed by atoms with Crippen LogP contribution in [0.2, 0.25) is 0 Å². The summed E-state index contributed by atoms with van der Waals surface area (Å²) >= 11 is 0. The lowest BCUT2D eigenvalue weighted by Gasteiger charge is -2.35. The van der Waals surface area contributed by atoms with E-state index in [1.54, 1.807) is 0 Å². The van der Waals surface area contributed by atoms with Crippen molar-refractivity contribution >= 4 is 11.9 Å². The zero-order valence-electron chi connectivity index (χ0n) is 7.96. The topological polar surface area (TPSA) is 64.7 Å². The van der Waals surface area contributed by atoms with Gasteiger partial charge in [0.05, 0.1) is 0 Å². The van der Waals surface area contributed by atoms with Gasteiger partial charge in [0.25, 0.3) is 0 Å². The first-order valence-corrected chi connectivity index (χ1v) is 4.56. The second-order valence-corrected chi connectivity index (χ2v) is 4.43. The number of hydrogen-bond acceptors (Lipinski definition) is 3. The summed E-state index contributed by atoms with van der Waals surface area (Å²) < 4.78 is 5.27. The van der Waals surface area contributed by atoms with Crippen LogP contribution in [0.25, 0.3) is 0 Å². The molecule has 72 valence electrons. The highest BCUT2D eigenvalue weighted by Crippen LogP contribution is 2.50. The van der Waals surface area contributed by atoms with E-state index in [-0.39, 0.29) is 5.41 Å². The minimum atomic E-state index is -0.607. The van der Waals surface area contributed by atoms with Crippen LogP contribution in [0.3, 0.4) is 0 Å². The van der Waals surface area contributed by atoms with Crippen molar-refractivity contribution in [3.63, 3.8) is 0 Å². The number of amidine groups is 1. The Morgan fingerprint density at radius 2 is 2.15 bits per heavy atom. The highest BCUT2D eigenvalue weighted by molar-refractivity contribution is 6.02. The van der Waals surface area contributed by atoms with Crippen LogP contribution >= 0.6 is 0 Å². The third-order valence-electron chi connectivity index (χ3n) is 3.31. The largest absolute Gasteiger partial charge is 0.436 e. The van der Waals surface area contributed by atoms with Crippen molar-refractivity contribution in [1.82, 2.24) is 0 Å². The van der Waals surface area contributed by atoms with E-state index < -0.39 is 11.7 Å². The molecule has 0 bridgehead atoms. The molecule has 1 fully saturated rings.